The van der Waals surface area contributed by atoms with E-state index < -0.39 is 38.6 Å². The second kappa shape index (κ2) is 13.8. The van der Waals surface area contributed by atoms with Crippen LogP contribution in [0.5, 0.6) is 0 Å². The molecule has 1 atom stereocenters. The summed E-state index contributed by atoms with van der Waals surface area (Å²) in [7, 11) is -2.83. The van der Waals surface area contributed by atoms with Gasteiger partial charge in [-0.2, -0.15) is 13.2 Å². The number of non-ortho nitro benzene ring substituents is 1. The van der Waals surface area contributed by atoms with Crippen LogP contribution < -0.4 is 9.62 Å². The van der Waals surface area contributed by atoms with Crippen molar-refractivity contribution in [1.29, 1.82) is 0 Å². The molecule has 0 spiro atoms. The van der Waals surface area contributed by atoms with E-state index in [4.69, 9.17) is 4.74 Å². The van der Waals surface area contributed by atoms with Gasteiger partial charge in [-0.3, -0.25) is 24.8 Å². The second-order valence-electron chi connectivity index (χ2n) is 10.2. The molecule has 246 valence electrons. The number of carbonyl (C=O) groups excluding carboxylic acids is 1. The number of thiazole rings is 2. The third-order valence-corrected chi connectivity index (χ3v) is 10.6. The number of aromatic nitrogens is 3. The lowest BCUT2D eigenvalue weighted by Gasteiger charge is -2.26. The van der Waals surface area contributed by atoms with Crippen molar-refractivity contribution >= 4 is 59.6 Å². The van der Waals surface area contributed by atoms with Crippen molar-refractivity contribution in [2.24, 2.45) is 0 Å². The molecule has 3 heterocycles. The molecule has 5 rings (SSSR count). The van der Waals surface area contributed by atoms with Gasteiger partial charge in [0, 0.05) is 51.1 Å². The standard InChI is InChI=1S/C29H25F3N6O6S3/c1-17(39)37(28-35-24(16-44-2)26(46-28)27-34-23-11-12-33-14-25(23)45-27)15-20(13-18-3-5-19(6-4-18)29(30,31)32)36-47(42,43)22-9-7-21(8-10-22)38(40)41/h3-12,14,20,36H,13,15-16H2,1-2H3. The number of sulfonamides is 1. The van der Waals surface area contributed by atoms with Crippen LogP contribution in [0.15, 0.2) is 71.9 Å². The van der Waals surface area contributed by atoms with Gasteiger partial charge in [-0.05, 0) is 42.3 Å². The van der Waals surface area contributed by atoms with Gasteiger partial charge in [-0.25, -0.2) is 23.1 Å². The summed E-state index contributed by atoms with van der Waals surface area (Å²) in [6.45, 7) is 1.11. The Morgan fingerprint density at radius 3 is 2.38 bits per heavy atom. The number of nitrogens with zero attached hydrogens (tertiary/aromatic N) is 5. The highest BCUT2D eigenvalue weighted by Gasteiger charge is 2.31. The fraction of sp³-hybridized carbons (Fsp3) is 0.241. The Morgan fingerprint density at radius 2 is 1.79 bits per heavy atom. The quantitative estimate of drug-likeness (QED) is 0.125. The minimum absolute atomic E-state index is 0.0908. The molecule has 0 aliphatic rings. The molecule has 0 saturated heterocycles. The number of nitro benzene ring substituents is 1. The molecular weight excluding hydrogens is 682 g/mol. The molecule has 18 heteroatoms. The van der Waals surface area contributed by atoms with Crippen molar-refractivity contribution in [2.45, 2.75) is 37.1 Å². The van der Waals surface area contributed by atoms with Crippen LogP contribution in [0.1, 0.15) is 23.7 Å². The number of halogens is 3. The van der Waals surface area contributed by atoms with Gasteiger partial charge in [-0.1, -0.05) is 23.5 Å². The Labute approximate surface area is 274 Å². The van der Waals surface area contributed by atoms with E-state index in [0.717, 1.165) is 58.0 Å². The maximum Gasteiger partial charge on any atom is 0.416 e. The number of alkyl halides is 3. The molecular formula is C29H25F3N6O6S3. The molecule has 5 aromatic rings. The van der Waals surface area contributed by atoms with Crippen molar-refractivity contribution < 1.29 is 36.0 Å². The number of nitro groups is 1. The maximum absolute atomic E-state index is 13.4. The number of pyridine rings is 1. The highest BCUT2D eigenvalue weighted by Crippen LogP contribution is 2.39. The smallest absolute Gasteiger partial charge is 0.378 e. The summed E-state index contributed by atoms with van der Waals surface area (Å²) in [6.07, 6.45) is -1.38. The molecule has 0 radical (unpaired) electrons. The van der Waals surface area contributed by atoms with E-state index in [0.29, 0.717) is 21.1 Å². The van der Waals surface area contributed by atoms with Crippen LogP contribution in [0.2, 0.25) is 0 Å². The molecule has 3 aromatic heterocycles. The van der Waals surface area contributed by atoms with E-state index >= 15 is 0 Å². The number of anilines is 1. The lowest BCUT2D eigenvalue weighted by Crippen LogP contribution is -2.46. The van der Waals surface area contributed by atoms with Crippen LogP contribution in [0.25, 0.3) is 20.1 Å². The van der Waals surface area contributed by atoms with E-state index in [-0.39, 0.29) is 35.3 Å². The van der Waals surface area contributed by atoms with Crippen molar-refractivity contribution in [3.05, 3.63) is 93.9 Å². The molecule has 1 amide bonds. The summed E-state index contributed by atoms with van der Waals surface area (Å²) in [6, 6.07) is 9.13. The third kappa shape index (κ3) is 7.96. The Kier molecular flexibility index (Phi) is 9.97. The first-order valence-electron chi connectivity index (χ1n) is 13.7. The monoisotopic (exact) mass is 706 g/mol. The second-order valence-corrected chi connectivity index (χ2v) is 13.9. The summed E-state index contributed by atoms with van der Waals surface area (Å²) < 4.78 is 75.1. The summed E-state index contributed by atoms with van der Waals surface area (Å²) in [5.41, 5.74) is 0.390. The molecule has 0 fully saturated rings. The SMILES string of the molecule is COCc1nc(N(CC(Cc2ccc(C(F)(F)F)cc2)NS(=O)(=O)c2ccc([N+](=O)[O-])cc2)C(C)=O)sc1-c1nc2ccncc2s1. The molecule has 47 heavy (non-hydrogen) atoms. The van der Waals surface area contributed by atoms with E-state index in [1.54, 1.807) is 18.5 Å². The Hall–Kier alpha value is -4.36. The predicted octanol–water partition coefficient (Wildman–Crippen LogP) is 5.83. The van der Waals surface area contributed by atoms with Gasteiger partial charge in [-0.15, -0.1) is 11.3 Å². The Balaban J connectivity index is 1.50. The highest BCUT2D eigenvalue weighted by molar-refractivity contribution is 7.89. The summed E-state index contributed by atoms with van der Waals surface area (Å²) in [5, 5.41) is 11.9. The van der Waals surface area contributed by atoms with Crippen molar-refractivity contribution in [2.75, 3.05) is 18.6 Å². The zero-order valence-electron chi connectivity index (χ0n) is 24.6. The fourth-order valence-corrected chi connectivity index (χ4v) is 7.97. The number of ether oxygens (including phenoxy) is 1. The number of rotatable bonds is 12. The number of fused-ring (bicyclic) bond motifs is 1. The first kappa shape index (κ1) is 34.0. The van der Waals surface area contributed by atoms with Crippen molar-refractivity contribution in [3.63, 3.8) is 0 Å². The van der Waals surface area contributed by atoms with Crippen LogP contribution in [0.4, 0.5) is 24.0 Å². The number of amides is 1. The van der Waals surface area contributed by atoms with Gasteiger partial charge < -0.3 is 4.74 Å². The number of methoxy groups -OCH3 is 1. The zero-order chi connectivity index (χ0) is 33.9. The first-order valence-corrected chi connectivity index (χ1v) is 16.8. The molecule has 0 saturated carbocycles. The third-order valence-electron chi connectivity index (χ3n) is 6.81. The van der Waals surface area contributed by atoms with E-state index in [1.807, 2.05) is 0 Å². The Bertz CT molecular complexity index is 1980. The molecule has 0 aliphatic heterocycles. The molecule has 12 nitrogen and oxygen atoms in total. The van der Waals surface area contributed by atoms with Crippen LogP contribution in [-0.2, 0) is 38.8 Å². The first-order chi connectivity index (χ1) is 22.2. The normalized spacial score (nSPS) is 12.7. The molecule has 2 aromatic carbocycles. The molecule has 1 unspecified atom stereocenters. The van der Waals surface area contributed by atoms with Crippen molar-refractivity contribution in [3.8, 4) is 9.88 Å². The average Bonchev–Trinajstić information content (AvgIpc) is 3.64. The van der Waals surface area contributed by atoms with Gasteiger partial charge in [0.15, 0.2) is 5.13 Å². The molecule has 0 bridgehead atoms. The van der Waals surface area contributed by atoms with Gasteiger partial charge in [0.1, 0.15) is 5.01 Å². The summed E-state index contributed by atoms with van der Waals surface area (Å²) >= 11 is 2.53. The van der Waals surface area contributed by atoms with Gasteiger partial charge in [0.2, 0.25) is 15.9 Å². The zero-order valence-corrected chi connectivity index (χ0v) is 27.0. The van der Waals surface area contributed by atoms with Gasteiger partial charge in [0.05, 0.1) is 42.8 Å². The Morgan fingerprint density at radius 1 is 1.09 bits per heavy atom. The largest absolute Gasteiger partial charge is 0.416 e. The lowest BCUT2D eigenvalue weighted by molar-refractivity contribution is -0.384. The number of nitrogens with one attached hydrogen (secondary N) is 1. The van der Waals surface area contributed by atoms with E-state index in [1.165, 1.54) is 42.4 Å². The fourth-order valence-electron chi connectivity index (χ4n) is 4.59. The van der Waals surface area contributed by atoms with Crippen LogP contribution in [0.3, 0.4) is 0 Å². The molecule has 1 N–H and O–H groups in total. The minimum Gasteiger partial charge on any atom is -0.378 e. The number of benzene rings is 2. The van der Waals surface area contributed by atoms with Crippen molar-refractivity contribution in [1.82, 2.24) is 19.7 Å². The maximum atomic E-state index is 13.4. The van der Waals surface area contributed by atoms with E-state index in [2.05, 4.69) is 19.7 Å². The van der Waals surface area contributed by atoms with E-state index in [9.17, 15) is 36.5 Å². The van der Waals surface area contributed by atoms with Crippen LogP contribution >= 0.6 is 22.7 Å². The van der Waals surface area contributed by atoms with Gasteiger partial charge >= 0.3 is 6.18 Å². The summed E-state index contributed by atoms with van der Waals surface area (Å²) in [4.78, 5) is 38.5. The number of carbonyl (C=O) groups is 1. The predicted molar refractivity (Wildman–Crippen MR) is 170 cm³/mol. The summed E-state index contributed by atoms with van der Waals surface area (Å²) in [5.74, 6) is -0.477. The highest BCUT2D eigenvalue weighted by atomic mass is 32.2. The topological polar surface area (TPSA) is 158 Å². The minimum atomic E-state index is -4.57. The number of hydrogen-bond acceptors (Lipinski definition) is 11. The van der Waals surface area contributed by atoms with Crippen LogP contribution in [0, 0.1) is 10.1 Å². The van der Waals surface area contributed by atoms with Crippen LogP contribution in [-0.4, -0.2) is 53.9 Å². The lowest BCUT2D eigenvalue weighted by atomic mass is 10.0. The average molecular weight is 707 g/mol. The molecule has 0 aliphatic carbocycles. The number of hydrogen-bond donors (Lipinski definition) is 1. The van der Waals surface area contributed by atoms with Gasteiger partial charge in [0.25, 0.3) is 5.69 Å².